The van der Waals surface area contributed by atoms with Crippen LogP contribution in [0.1, 0.15) is 39.5 Å². The average molecular weight is 240 g/mol. The SMILES string of the molecule is CC1CN(C(=O)C2(C)CCCC2N)CCC1O. The van der Waals surface area contributed by atoms with E-state index in [1.165, 1.54) is 0 Å². The van der Waals surface area contributed by atoms with E-state index in [0.29, 0.717) is 19.5 Å². The minimum absolute atomic E-state index is 0.00263. The molecule has 4 nitrogen and oxygen atoms in total. The summed E-state index contributed by atoms with van der Waals surface area (Å²) in [5, 5.41) is 9.70. The standard InChI is InChI=1S/C13H24N2O2/c1-9-8-15(7-5-10(9)16)12(17)13(2)6-3-4-11(13)14/h9-11,16H,3-8,14H2,1-2H3. The molecule has 0 aromatic carbocycles. The molecule has 2 rings (SSSR count). The number of likely N-dealkylation sites (tertiary alicyclic amines) is 1. The summed E-state index contributed by atoms with van der Waals surface area (Å²) < 4.78 is 0. The largest absolute Gasteiger partial charge is 0.393 e. The summed E-state index contributed by atoms with van der Waals surface area (Å²) in [5.74, 6) is 0.371. The van der Waals surface area contributed by atoms with Gasteiger partial charge in [-0.05, 0) is 32.1 Å². The molecule has 0 bridgehead atoms. The van der Waals surface area contributed by atoms with E-state index in [9.17, 15) is 9.90 Å². The minimum Gasteiger partial charge on any atom is -0.393 e. The van der Waals surface area contributed by atoms with Crippen molar-refractivity contribution in [3.05, 3.63) is 0 Å². The first-order valence-corrected chi connectivity index (χ1v) is 6.68. The summed E-state index contributed by atoms with van der Waals surface area (Å²) in [6, 6.07) is -0.00263. The Hall–Kier alpha value is -0.610. The van der Waals surface area contributed by atoms with Gasteiger partial charge in [0.25, 0.3) is 0 Å². The number of aliphatic hydroxyl groups excluding tert-OH is 1. The van der Waals surface area contributed by atoms with Gasteiger partial charge >= 0.3 is 0 Å². The highest BCUT2D eigenvalue weighted by Gasteiger charge is 2.46. The van der Waals surface area contributed by atoms with Crippen molar-refractivity contribution in [2.24, 2.45) is 17.1 Å². The molecular formula is C13H24N2O2. The van der Waals surface area contributed by atoms with Crippen molar-refractivity contribution in [1.82, 2.24) is 4.90 Å². The molecule has 1 amide bonds. The Morgan fingerprint density at radius 3 is 2.71 bits per heavy atom. The lowest BCUT2D eigenvalue weighted by Gasteiger charge is -2.40. The summed E-state index contributed by atoms with van der Waals surface area (Å²) in [7, 11) is 0. The molecule has 98 valence electrons. The van der Waals surface area contributed by atoms with Gasteiger partial charge in [-0.2, -0.15) is 0 Å². The van der Waals surface area contributed by atoms with Crippen molar-refractivity contribution in [2.75, 3.05) is 13.1 Å². The molecule has 1 saturated carbocycles. The van der Waals surface area contributed by atoms with Gasteiger partial charge in [0, 0.05) is 19.1 Å². The molecule has 3 N–H and O–H groups in total. The van der Waals surface area contributed by atoms with Crippen LogP contribution in [-0.2, 0) is 4.79 Å². The number of hydrogen-bond acceptors (Lipinski definition) is 3. The van der Waals surface area contributed by atoms with Gasteiger partial charge in [-0.3, -0.25) is 4.79 Å². The fraction of sp³-hybridized carbons (Fsp3) is 0.923. The Bertz CT molecular complexity index is 308. The van der Waals surface area contributed by atoms with Gasteiger partial charge in [0.05, 0.1) is 11.5 Å². The van der Waals surface area contributed by atoms with Crippen LogP contribution in [0.3, 0.4) is 0 Å². The molecule has 1 saturated heterocycles. The van der Waals surface area contributed by atoms with E-state index in [1.54, 1.807) is 0 Å². The third kappa shape index (κ3) is 2.20. The maximum atomic E-state index is 12.5. The highest BCUT2D eigenvalue weighted by atomic mass is 16.3. The first-order chi connectivity index (χ1) is 7.95. The summed E-state index contributed by atoms with van der Waals surface area (Å²) in [6.45, 7) is 5.35. The van der Waals surface area contributed by atoms with Crippen LogP contribution in [0.25, 0.3) is 0 Å². The highest BCUT2D eigenvalue weighted by molar-refractivity contribution is 5.83. The normalized spacial score (nSPS) is 42.8. The summed E-state index contributed by atoms with van der Waals surface area (Å²) >= 11 is 0. The number of nitrogens with two attached hydrogens (primary N) is 1. The van der Waals surface area contributed by atoms with Crippen LogP contribution in [0.2, 0.25) is 0 Å². The lowest BCUT2D eigenvalue weighted by Crippen LogP contribution is -2.53. The summed E-state index contributed by atoms with van der Waals surface area (Å²) in [5.41, 5.74) is 5.71. The average Bonchev–Trinajstić information content (AvgIpc) is 2.63. The Labute approximate surface area is 103 Å². The van der Waals surface area contributed by atoms with E-state index in [0.717, 1.165) is 19.3 Å². The number of hydrogen-bond donors (Lipinski definition) is 2. The molecule has 4 unspecified atom stereocenters. The lowest BCUT2D eigenvalue weighted by molar-refractivity contribution is -0.145. The van der Waals surface area contributed by atoms with E-state index in [1.807, 2.05) is 18.7 Å². The topological polar surface area (TPSA) is 66.6 Å². The number of carbonyl (C=O) groups excluding carboxylic acids is 1. The van der Waals surface area contributed by atoms with E-state index in [-0.39, 0.29) is 29.4 Å². The van der Waals surface area contributed by atoms with Crippen LogP contribution in [0, 0.1) is 11.3 Å². The van der Waals surface area contributed by atoms with Gasteiger partial charge < -0.3 is 15.7 Å². The van der Waals surface area contributed by atoms with Gasteiger partial charge in [0.15, 0.2) is 0 Å². The molecule has 0 spiro atoms. The molecule has 2 fully saturated rings. The zero-order valence-electron chi connectivity index (χ0n) is 10.9. The monoisotopic (exact) mass is 240 g/mol. The smallest absolute Gasteiger partial charge is 0.230 e. The molecule has 1 aliphatic carbocycles. The first-order valence-electron chi connectivity index (χ1n) is 6.68. The van der Waals surface area contributed by atoms with Gasteiger partial charge in [0.1, 0.15) is 0 Å². The second-order valence-electron chi connectivity index (χ2n) is 6.00. The highest BCUT2D eigenvalue weighted by Crippen LogP contribution is 2.39. The van der Waals surface area contributed by atoms with Crippen molar-refractivity contribution in [1.29, 1.82) is 0 Å². The van der Waals surface area contributed by atoms with Crippen LogP contribution in [-0.4, -0.2) is 41.1 Å². The predicted molar refractivity (Wildman–Crippen MR) is 66.3 cm³/mol. The van der Waals surface area contributed by atoms with Crippen molar-refractivity contribution in [3.63, 3.8) is 0 Å². The third-order valence-electron chi connectivity index (χ3n) is 4.67. The summed E-state index contributed by atoms with van der Waals surface area (Å²) in [4.78, 5) is 14.5. The van der Waals surface area contributed by atoms with E-state index >= 15 is 0 Å². The Balaban J connectivity index is 2.05. The summed E-state index contributed by atoms with van der Waals surface area (Å²) in [6.07, 6.45) is 3.34. The molecule has 0 aromatic heterocycles. The molecule has 4 heteroatoms. The molecule has 1 heterocycles. The number of nitrogens with zero attached hydrogens (tertiary/aromatic N) is 1. The zero-order valence-corrected chi connectivity index (χ0v) is 10.9. The van der Waals surface area contributed by atoms with Crippen molar-refractivity contribution < 1.29 is 9.90 Å². The fourth-order valence-corrected chi connectivity index (χ4v) is 3.14. The first kappa shape index (κ1) is 12.8. The lowest BCUT2D eigenvalue weighted by atomic mass is 9.82. The quantitative estimate of drug-likeness (QED) is 0.710. The van der Waals surface area contributed by atoms with Crippen molar-refractivity contribution in [2.45, 2.75) is 51.7 Å². The molecule has 0 radical (unpaired) electrons. The fourth-order valence-electron chi connectivity index (χ4n) is 3.14. The van der Waals surface area contributed by atoms with E-state index < -0.39 is 0 Å². The van der Waals surface area contributed by atoms with Crippen molar-refractivity contribution >= 4 is 5.91 Å². The van der Waals surface area contributed by atoms with Crippen LogP contribution in [0.4, 0.5) is 0 Å². The number of aliphatic hydroxyl groups is 1. The minimum atomic E-state index is -0.373. The second-order valence-corrected chi connectivity index (χ2v) is 6.00. The number of piperidine rings is 1. The van der Waals surface area contributed by atoms with Gasteiger partial charge in [-0.1, -0.05) is 13.3 Å². The molecule has 17 heavy (non-hydrogen) atoms. The van der Waals surface area contributed by atoms with Crippen LogP contribution in [0.15, 0.2) is 0 Å². The van der Waals surface area contributed by atoms with Gasteiger partial charge in [-0.15, -0.1) is 0 Å². The van der Waals surface area contributed by atoms with Crippen molar-refractivity contribution in [3.8, 4) is 0 Å². The van der Waals surface area contributed by atoms with E-state index in [2.05, 4.69) is 0 Å². The Morgan fingerprint density at radius 1 is 1.47 bits per heavy atom. The molecule has 1 aliphatic heterocycles. The van der Waals surface area contributed by atoms with Gasteiger partial charge in [-0.25, -0.2) is 0 Å². The molecule has 4 atom stereocenters. The molecule has 0 aromatic rings. The Kier molecular flexibility index (Phi) is 3.46. The van der Waals surface area contributed by atoms with Gasteiger partial charge in [0.2, 0.25) is 5.91 Å². The van der Waals surface area contributed by atoms with Crippen LogP contribution < -0.4 is 5.73 Å². The van der Waals surface area contributed by atoms with E-state index in [4.69, 9.17) is 5.73 Å². The van der Waals surface area contributed by atoms with Crippen LogP contribution >= 0.6 is 0 Å². The molecule has 2 aliphatic rings. The maximum Gasteiger partial charge on any atom is 0.230 e. The second kappa shape index (κ2) is 4.58. The number of rotatable bonds is 1. The zero-order chi connectivity index (χ0) is 12.6. The Morgan fingerprint density at radius 2 is 2.18 bits per heavy atom. The third-order valence-corrected chi connectivity index (χ3v) is 4.67. The number of carbonyl (C=O) groups is 1. The maximum absolute atomic E-state index is 12.5. The predicted octanol–water partition coefficient (Wildman–Crippen LogP) is 0.733. The van der Waals surface area contributed by atoms with Crippen LogP contribution in [0.5, 0.6) is 0 Å². The number of amides is 1. The molecular weight excluding hydrogens is 216 g/mol.